The number of carbonyl (C=O) groups excluding carboxylic acids is 2. The standard InChI is InChI=1S/C18H18ClN3O3S/c1-2-21-17(24)15(22(18(21)26)11-14-4-3-9-25-14)10-16(23)20-13-7-5-12(19)6-8-13/h3-9,15H,2,10-11H2,1H3,(H,20,23)/t15-/m1/s1. The second-order valence-corrected chi connectivity index (χ2v) is 6.65. The van der Waals surface area contributed by atoms with Gasteiger partial charge >= 0.3 is 0 Å². The number of hydrogen-bond acceptors (Lipinski definition) is 4. The van der Waals surface area contributed by atoms with Gasteiger partial charge in [0.15, 0.2) is 5.11 Å². The van der Waals surface area contributed by atoms with E-state index in [1.807, 2.05) is 13.0 Å². The summed E-state index contributed by atoms with van der Waals surface area (Å²) in [6.07, 6.45) is 1.56. The molecule has 1 aromatic carbocycles. The van der Waals surface area contributed by atoms with E-state index in [2.05, 4.69) is 5.32 Å². The molecule has 1 atom stereocenters. The molecule has 0 saturated carbocycles. The summed E-state index contributed by atoms with van der Waals surface area (Å²) in [6, 6.07) is 9.73. The molecule has 1 aliphatic rings. The Bertz CT molecular complexity index is 808. The van der Waals surface area contributed by atoms with Crippen LogP contribution in [-0.4, -0.2) is 39.3 Å². The number of nitrogens with zero attached hydrogens (tertiary/aromatic N) is 2. The molecule has 6 nitrogen and oxygen atoms in total. The van der Waals surface area contributed by atoms with E-state index in [4.69, 9.17) is 28.2 Å². The Hall–Kier alpha value is -2.38. The molecule has 0 radical (unpaired) electrons. The molecule has 1 N–H and O–H groups in total. The van der Waals surface area contributed by atoms with E-state index >= 15 is 0 Å². The Kier molecular flexibility index (Phi) is 5.58. The number of furan rings is 1. The fourth-order valence-electron chi connectivity index (χ4n) is 2.85. The van der Waals surface area contributed by atoms with Crippen molar-refractivity contribution in [1.29, 1.82) is 0 Å². The van der Waals surface area contributed by atoms with E-state index in [1.54, 1.807) is 41.5 Å². The molecule has 0 aliphatic carbocycles. The van der Waals surface area contributed by atoms with Gasteiger partial charge in [-0.25, -0.2) is 0 Å². The van der Waals surface area contributed by atoms with Crippen LogP contribution in [0.3, 0.4) is 0 Å². The Balaban J connectivity index is 1.73. The van der Waals surface area contributed by atoms with Crippen molar-refractivity contribution in [2.24, 2.45) is 0 Å². The highest BCUT2D eigenvalue weighted by Crippen LogP contribution is 2.24. The first-order valence-corrected chi connectivity index (χ1v) is 8.98. The van der Waals surface area contributed by atoms with Crippen LogP contribution >= 0.6 is 23.8 Å². The van der Waals surface area contributed by atoms with Crippen molar-refractivity contribution in [1.82, 2.24) is 9.80 Å². The molecule has 1 aliphatic heterocycles. The summed E-state index contributed by atoms with van der Waals surface area (Å²) < 4.78 is 5.36. The second-order valence-electron chi connectivity index (χ2n) is 5.85. The number of amides is 2. The molecule has 2 heterocycles. The highest BCUT2D eigenvalue weighted by molar-refractivity contribution is 7.80. The van der Waals surface area contributed by atoms with Gasteiger partial charge in [0.2, 0.25) is 5.91 Å². The average Bonchev–Trinajstić information content (AvgIpc) is 3.20. The zero-order valence-corrected chi connectivity index (χ0v) is 15.7. The number of likely N-dealkylation sites (N-methyl/N-ethyl adjacent to an activating group) is 1. The lowest BCUT2D eigenvalue weighted by molar-refractivity contribution is -0.130. The highest BCUT2D eigenvalue weighted by Gasteiger charge is 2.42. The molecule has 0 unspecified atom stereocenters. The summed E-state index contributed by atoms with van der Waals surface area (Å²) in [6.45, 7) is 2.65. The number of nitrogens with one attached hydrogen (secondary N) is 1. The van der Waals surface area contributed by atoms with Gasteiger partial charge in [-0.2, -0.15) is 0 Å². The molecular formula is C18H18ClN3O3S. The first kappa shape index (κ1) is 18.4. The molecule has 1 saturated heterocycles. The van der Waals surface area contributed by atoms with Crippen molar-refractivity contribution >= 4 is 46.4 Å². The fraction of sp³-hybridized carbons (Fsp3) is 0.278. The van der Waals surface area contributed by atoms with Crippen molar-refractivity contribution in [3.05, 3.63) is 53.4 Å². The van der Waals surface area contributed by atoms with E-state index in [0.29, 0.717) is 34.7 Å². The summed E-state index contributed by atoms with van der Waals surface area (Å²) >= 11 is 11.3. The van der Waals surface area contributed by atoms with Gasteiger partial charge in [0.25, 0.3) is 5.91 Å². The monoisotopic (exact) mass is 391 g/mol. The molecule has 1 aromatic heterocycles. The van der Waals surface area contributed by atoms with Gasteiger partial charge in [0, 0.05) is 17.3 Å². The molecule has 2 aromatic rings. The maximum atomic E-state index is 12.7. The van der Waals surface area contributed by atoms with Crippen LogP contribution in [0.15, 0.2) is 47.1 Å². The fourth-order valence-corrected chi connectivity index (χ4v) is 3.39. The Morgan fingerprint density at radius 1 is 1.31 bits per heavy atom. The lowest BCUT2D eigenvalue weighted by atomic mass is 10.1. The smallest absolute Gasteiger partial charge is 0.252 e. The molecule has 1 fully saturated rings. The van der Waals surface area contributed by atoms with E-state index < -0.39 is 6.04 Å². The number of thiocarbonyl (C=S) groups is 1. The van der Waals surface area contributed by atoms with Gasteiger partial charge in [-0.05, 0) is 55.5 Å². The molecule has 0 bridgehead atoms. The molecule has 2 amide bonds. The van der Waals surface area contributed by atoms with Gasteiger partial charge in [-0.15, -0.1) is 0 Å². The van der Waals surface area contributed by atoms with Crippen LogP contribution in [-0.2, 0) is 16.1 Å². The Labute approximate surface area is 161 Å². The van der Waals surface area contributed by atoms with Crippen LogP contribution in [0.5, 0.6) is 0 Å². The Morgan fingerprint density at radius 3 is 2.65 bits per heavy atom. The van der Waals surface area contributed by atoms with Crippen molar-refractivity contribution in [3.8, 4) is 0 Å². The molecule has 8 heteroatoms. The number of carbonyl (C=O) groups is 2. The average molecular weight is 392 g/mol. The van der Waals surface area contributed by atoms with Crippen LogP contribution in [0.1, 0.15) is 19.1 Å². The molecular weight excluding hydrogens is 374 g/mol. The zero-order valence-electron chi connectivity index (χ0n) is 14.1. The van der Waals surface area contributed by atoms with Crippen LogP contribution in [0.4, 0.5) is 5.69 Å². The molecule has 26 heavy (non-hydrogen) atoms. The third-order valence-corrected chi connectivity index (χ3v) is 4.84. The first-order valence-electron chi connectivity index (χ1n) is 8.19. The normalized spacial score (nSPS) is 17.1. The highest BCUT2D eigenvalue weighted by atomic mass is 35.5. The maximum absolute atomic E-state index is 12.7. The topological polar surface area (TPSA) is 65.8 Å². The number of hydrogen-bond donors (Lipinski definition) is 1. The van der Waals surface area contributed by atoms with Gasteiger partial charge in [-0.1, -0.05) is 11.6 Å². The Morgan fingerprint density at radius 2 is 2.04 bits per heavy atom. The van der Waals surface area contributed by atoms with Crippen LogP contribution < -0.4 is 5.32 Å². The zero-order chi connectivity index (χ0) is 18.7. The van der Waals surface area contributed by atoms with Crippen molar-refractivity contribution in [2.75, 3.05) is 11.9 Å². The van der Waals surface area contributed by atoms with Crippen LogP contribution in [0.2, 0.25) is 5.02 Å². The van der Waals surface area contributed by atoms with E-state index in [1.165, 1.54) is 4.90 Å². The predicted molar refractivity (Wildman–Crippen MR) is 103 cm³/mol. The van der Waals surface area contributed by atoms with E-state index in [0.717, 1.165) is 0 Å². The van der Waals surface area contributed by atoms with Crippen LogP contribution in [0.25, 0.3) is 0 Å². The van der Waals surface area contributed by atoms with Crippen molar-refractivity contribution in [2.45, 2.75) is 25.9 Å². The first-order chi connectivity index (χ1) is 12.5. The minimum atomic E-state index is -0.653. The molecule has 0 spiro atoms. The van der Waals surface area contributed by atoms with E-state index in [-0.39, 0.29) is 18.2 Å². The summed E-state index contributed by atoms with van der Waals surface area (Å²) in [5, 5.41) is 3.78. The summed E-state index contributed by atoms with van der Waals surface area (Å²) in [4.78, 5) is 28.4. The van der Waals surface area contributed by atoms with Gasteiger partial charge in [0.05, 0.1) is 19.2 Å². The lowest BCUT2D eigenvalue weighted by Crippen LogP contribution is -2.37. The minimum absolute atomic E-state index is 0.00118. The minimum Gasteiger partial charge on any atom is -0.467 e. The largest absolute Gasteiger partial charge is 0.467 e. The molecule has 3 rings (SSSR count). The van der Waals surface area contributed by atoms with Crippen LogP contribution in [0, 0.1) is 0 Å². The third kappa shape index (κ3) is 3.89. The number of benzene rings is 1. The van der Waals surface area contributed by atoms with Gasteiger partial charge in [0.1, 0.15) is 11.8 Å². The SMILES string of the molecule is CCN1C(=O)[C@@H](CC(=O)Nc2ccc(Cl)cc2)N(Cc2ccco2)C1=S. The number of rotatable bonds is 6. The van der Waals surface area contributed by atoms with Crippen molar-refractivity contribution in [3.63, 3.8) is 0 Å². The summed E-state index contributed by atoms with van der Waals surface area (Å²) in [7, 11) is 0. The number of halogens is 1. The predicted octanol–water partition coefficient (Wildman–Crippen LogP) is 3.28. The maximum Gasteiger partial charge on any atom is 0.252 e. The van der Waals surface area contributed by atoms with Crippen molar-refractivity contribution < 1.29 is 14.0 Å². The summed E-state index contributed by atoms with van der Waals surface area (Å²) in [5.74, 6) is 0.243. The third-order valence-electron chi connectivity index (χ3n) is 4.13. The molecule has 136 valence electrons. The van der Waals surface area contributed by atoms with E-state index in [9.17, 15) is 9.59 Å². The number of anilines is 1. The van der Waals surface area contributed by atoms with Gasteiger partial charge < -0.3 is 14.6 Å². The lowest BCUT2D eigenvalue weighted by Gasteiger charge is -2.22. The summed E-state index contributed by atoms with van der Waals surface area (Å²) in [5.41, 5.74) is 0.623. The second kappa shape index (κ2) is 7.88. The quantitative estimate of drug-likeness (QED) is 0.765. The van der Waals surface area contributed by atoms with Gasteiger partial charge in [-0.3, -0.25) is 14.5 Å².